The first-order valence-corrected chi connectivity index (χ1v) is 19.7. The summed E-state index contributed by atoms with van der Waals surface area (Å²) in [7, 11) is 3.74. The summed E-state index contributed by atoms with van der Waals surface area (Å²) in [5, 5.41) is 0. The normalized spacial score (nSPS) is 13.0. The number of esters is 1. The van der Waals surface area contributed by atoms with Gasteiger partial charge in [0.15, 0.2) is 0 Å². The summed E-state index contributed by atoms with van der Waals surface area (Å²) in [6.45, 7) is 6.96. The van der Waals surface area contributed by atoms with Crippen LogP contribution in [-0.4, -0.2) is 64.0 Å². The lowest BCUT2D eigenvalue weighted by Crippen LogP contribution is -2.31. The van der Waals surface area contributed by atoms with Crippen LogP contribution in [0, 0.1) is 0 Å². The Labute approximate surface area is 292 Å². The number of hydrogen-bond acceptors (Lipinski definition) is 5. The van der Waals surface area contributed by atoms with Gasteiger partial charge < -0.3 is 14.2 Å². The van der Waals surface area contributed by atoms with Gasteiger partial charge in [0, 0.05) is 13.2 Å². The van der Waals surface area contributed by atoms with Gasteiger partial charge in [-0.3, -0.25) is 9.69 Å². The molecule has 0 saturated carbocycles. The van der Waals surface area contributed by atoms with Crippen molar-refractivity contribution in [3.8, 4) is 0 Å². The van der Waals surface area contributed by atoms with Crippen molar-refractivity contribution in [2.45, 2.75) is 168 Å². The van der Waals surface area contributed by atoms with E-state index in [4.69, 9.17) is 14.2 Å². The van der Waals surface area contributed by atoms with Gasteiger partial charge in [-0.05, 0) is 84.7 Å². The number of allylic oxidation sites excluding steroid dienone is 8. The Morgan fingerprint density at radius 3 is 1.49 bits per heavy atom. The molecule has 0 saturated heterocycles. The van der Waals surface area contributed by atoms with Crippen molar-refractivity contribution >= 4 is 5.97 Å². The number of unbranched alkanes of at least 4 members (excludes halogenated alkanes) is 17. The first kappa shape index (κ1) is 45.3. The zero-order chi connectivity index (χ0) is 34.3. The number of carbonyl (C=O) groups excluding carboxylic acids is 1. The minimum Gasteiger partial charge on any atom is -0.462 e. The second-order valence-corrected chi connectivity index (χ2v) is 13.3. The van der Waals surface area contributed by atoms with Crippen molar-refractivity contribution in [2.75, 3.05) is 47.1 Å². The van der Waals surface area contributed by atoms with Gasteiger partial charge in [-0.1, -0.05) is 140 Å². The maximum atomic E-state index is 12.1. The maximum absolute atomic E-state index is 12.1. The minimum absolute atomic E-state index is 0.195. The summed E-state index contributed by atoms with van der Waals surface area (Å²) in [6, 6.07) is 0. The van der Waals surface area contributed by atoms with Crippen molar-refractivity contribution in [3.05, 3.63) is 48.6 Å². The van der Waals surface area contributed by atoms with E-state index in [1.165, 1.54) is 122 Å². The molecule has 5 heteroatoms. The third kappa shape index (κ3) is 38.6. The highest BCUT2D eigenvalue weighted by Crippen LogP contribution is 2.11. The molecule has 0 heterocycles. The first-order chi connectivity index (χ1) is 23.1. The van der Waals surface area contributed by atoms with E-state index >= 15 is 0 Å². The molecular formula is C42H77NO4. The molecule has 0 amide bonds. The van der Waals surface area contributed by atoms with Crippen LogP contribution < -0.4 is 0 Å². The topological polar surface area (TPSA) is 48.0 Å². The largest absolute Gasteiger partial charge is 0.462 e. The molecule has 0 aliphatic rings. The lowest BCUT2D eigenvalue weighted by Gasteiger charge is -2.19. The molecule has 274 valence electrons. The van der Waals surface area contributed by atoms with Crippen LogP contribution in [0.1, 0.15) is 162 Å². The van der Waals surface area contributed by atoms with Gasteiger partial charge in [-0.2, -0.15) is 0 Å². The smallest absolute Gasteiger partial charge is 0.320 e. The van der Waals surface area contributed by atoms with Crippen LogP contribution in [0.3, 0.4) is 0 Å². The molecule has 5 nitrogen and oxygen atoms in total. The Hall–Kier alpha value is -1.69. The molecule has 0 radical (unpaired) electrons. The molecule has 0 spiro atoms. The third-order valence-electron chi connectivity index (χ3n) is 8.12. The van der Waals surface area contributed by atoms with Crippen molar-refractivity contribution in [3.63, 3.8) is 0 Å². The highest BCUT2D eigenvalue weighted by Gasteiger charge is 2.14. The minimum atomic E-state index is -0.216. The maximum Gasteiger partial charge on any atom is 0.320 e. The van der Waals surface area contributed by atoms with Crippen LogP contribution in [0.25, 0.3) is 0 Å². The predicted octanol–water partition coefficient (Wildman–Crippen LogP) is 11.7. The van der Waals surface area contributed by atoms with Crippen LogP contribution in [-0.2, 0) is 19.0 Å². The Kier molecular flexibility index (Phi) is 37.4. The van der Waals surface area contributed by atoms with Crippen LogP contribution in [0.2, 0.25) is 0 Å². The lowest BCUT2D eigenvalue weighted by molar-refractivity contribution is -0.150. The van der Waals surface area contributed by atoms with E-state index in [1.807, 2.05) is 19.0 Å². The van der Waals surface area contributed by atoms with E-state index in [9.17, 15) is 4.79 Å². The molecule has 0 N–H and O–H groups in total. The monoisotopic (exact) mass is 660 g/mol. The van der Waals surface area contributed by atoms with Crippen LogP contribution in [0.4, 0.5) is 0 Å². The highest BCUT2D eigenvalue weighted by molar-refractivity contribution is 5.71. The number of rotatable bonds is 36. The molecule has 0 bridgehead atoms. The predicted molar refractivity (Wildman–Crippen MR) is 204 cm³/mol. The fraction of sp³-hybridized carbons (Fsp3) is 0.786. The molecule has 0 fully saturated rings. The highest BCUT2D eigenvalue weighted by atomic mass is 16.6. The van der Waals surface area contributed by atoms with Crippen LogP contribution >= 0.6 is 0 Å². The Balaban J connectivity index is 3.90. The van der Waals surface area contributed by atoms with Gasteiger partial charge in [0.05, 0.1) is 13.2 Å². The van der Waals surface area contributed by atoms with Gasteiger partial charge in [0.2, 0.25) is 0 Å². The molecular weight excluding hydrogens is 582 g/mol. The van der Waals surface area contributed by atoms with E-state index in [0.717, 1.165) is 32.3 Å². The number of hydrogen-bond donors (Lipinski definition) is 0. The standard InChI is InChI=1S/C42H77NO4/c1-5-7-9-11-13-15-17-19-21-23-25-27-29-31-33-35-37-46-41(40-47-42(44)38-43(3)4)39-45-36-34-32-30-28-26-24-22-20-18-16-14-12-10-8-6-2/h12-15,18-21,41H,5-11,16-17,22-40H2,1-4H3/b14-12-,15-13-,20-18-,21-19-. The average molecular weight is 660 g/mol. The number of nitrogens with zero attached hydrogens (tertiary/aromatic N) is 1. The second-order valence-electron chi connectivity index (χ2n) is 13.3. The average Bonchev–Trinajstić information content (AvgIpc) is 3.05. The van der Waals surface area contributed by atoms with Gasteiger partial charge in [0.25, 0.3) is 0 Å². The summed E-state index contributed by atoms with van der Waals surface area (Å²) in [6.07, 6.45) is 46.6. The molecule has 0 aromatic rings. The van der Waals surface area contributed by atoms with E-state index in [0.29, 0.717) is 13.2 Å². The lowest BCUT2D eigenvalue weighted by atomic mass is 10.1. The van der Waals surface area contributed by atoms with E-state index in [-0.39, 0.29) is 25.2 Å². The molecule has 0 rings (SSSR count). The summed E-state index contributed by atoms with van der Waals surface area (Å²) < 4.78 is 17.5. The first-order valence-electron chi connectivity index (χ1n) is 19.7. The second kappa shape index (κ2) is 38.8. The number of ether oxygens (including phenoxy) is 3. The SMILES string of the molecule is CCCC/C=C\C/C=C\CCCCCCCCOCC(COC(=O)CN(C)C)OCCCCCCCC/C=C\C/C=C\CCCCC. The van der Waals surface area contributed by atoms with Gasteiger partial charge in [-0.15, -0.1) is 0 Å². The van der Waals surface area contributed by atoms with Crippen molar-refractivity contribution < 1.29 is 19.0 Å². The van der Waals surface area contributed by atoms with E-state index < -0.39 is 0 Å². The molecule has 1 atom stereocenters. The molecule has 47 heavy (non-hydrogen) atoms. The summed E-state index contributed by atoms with van der Waals surface area (Å²) in [5.74, 6) is -0.216. The van der Waals surface area contributed by atoms with Crippen molar-refractivity contribution in [1.82, 2.24) is 4.90 Å². The molecule has 0 aliphatic carbocycles. The zero-order valence-electron chi connectivity index (χ0n) is 31.6. The third-order valence-corrected chi connectivity index (χ3v) is 8.12. The zero-order valence-corrected chi connectivity index (χ0v) is 31.6. The van der Waals surface area contributed by atoms with Crippen LogP contribution in [0.15, 0.2) is 48.6 Å². The molecule has 0 aromatic carbocycles. The quantitative estimate of drug-likeness (QED) is 0.0380. The van der Waals surface area contributed by atoms with Crippen molar-refractivity contribution in [2.24, 2.45) is 0 Å². The summed E-state index contributed by atoms with van der Waals surface area (Å²) in [5.41, 5.74) is 0. The summed E-state index contributed by atoms with van der Waals surface area (Å²) in [4.78, 5) is 13.9. The van der Waals surface area contributed by atoms with E-state index in [2.05, 4.69) is 62.5 Å². The summed E-state index contributed by atoms with van der Waals surface area (Å²) >= 11 is 0. The van der Waals surface area contributed by atoms with Crippen molar-refractivity contribution in [1.29, 1.82) is 0 Å². The van der Waals surface area contributed by atoms with Gasteiger partial charge in [-0.25, -0.2) is 0 Å². The van der Waals surface area contributed by atoms with Gasteiger partial charge >= 0.3 is 5.97 Å². The fourth-order valence-corrected chi connectivity index (χ4v) is 5.19. The van der Waals surface area contributed by atoms with E-state index in [1.54, 1.807) is 0 Å². The van der Waals surface area contributed by atoms with Gasteiger partial charge in [0.1, 0.15) is 12.7 Å². The molecule has 1 unspecified atom stereocenters. The Morgan fingerprint density at radius 2 is 0.979 bits per heavy atom. The number of carbonyl (C=O) groups is 1. The Bertz CT molecular complexity index is 758. The van der Waals surface area contributed by atoms with Crippen LogP contribution in [0.5, 0.6) is 0 Å². The molecule has 0 aromatic heterocycles. The Morgan fingerprint density at radius 1 is 0.532 bits per heavy atom. The molecule has 0 aliphatic heterocycles. The fourth-order valence-electron chi connectivity index (χ4n) is 5.19. The number of likely N-dealkylation sites (N-methyl/N-ethyl adjacent to an activating group) is 1.